The fourth-order valence-electron chi connectivity index (χ4n) is 1.98. The second-order valence-corrected chi connectivity index (χ2v) is 6.01. The van der Waals surface area contributed by atoms with Gasteiger partial charge in [-0.05, 0) is 30.4 Å². The minimum atomic E-state index is 0.586. The fourth-order valence-corrected chi connectivity index (χ4v) is 2.96. The second kappa shape index (κ2) is 6.78. The zero-order chi connectivity index (χ0) is 12.8. The minimum Gasteiger partial charge on any atom is -0.362 e. The standard InChI is InChI=1S/C14H21N3S/c1-11(2)13-6-9-18-14(17-13)16-8-5-12-4-3-7-15-10-12/h3-4,7,10-11,13H,5-6,8-9H2,1-2H3,(H,16,17). The molecule has 0 aromatic carbocycles. The lowest BCUT2D eigenvalue weighted by atomic mass is 10.0. The first kappa shape index (κ1) is 13.4. The molecule has 0 aliphatic carbocycles. The average Bonchev–Trinajstić information content (AvgIpc) is 2.40. The van der Waals surface area contributed by atoms with Crippen LogP contribution in [-0.4, -0.2) is 28.5 Å². The lowest BCUT2D eigenvalue weighted by Gasteiger charge is -2.28. The average molecular weight is 263 g/mol. The largest absolute Gasteiger partial charge is 0.362 e. The molecule has 1 saturated heterocycles. The zero-order valence-electron chi connectivity index (χ0n) is 11.1. The molecule has 1 aliphatic heterocycles. The summed E-state index contributed by atoms with van der Waals surface area (Å²) in [5.41, 5.74) is 1.25. The van der Waals surface area contributed by atoms with Crippen molar-refractivity contribution in [2.75, 3.05) is 12.3 Å². The summed E-state index contributed by atoms with van der Waals surface area (Å²) in [6.07, 6.45) is 5.93. The van der Waals surface area contributed by atoms with Crippen LogP contribution in [0.15, 0.2) is 29.5 Å². The first-order valence-electron chi connectivity index (χ1n) is 6.58. The van der Waals surface area contributed by atoms with Crippen molar-refractivity contribution >= 4 is 16.9 Å². The quantitative estimate of drug-likeness (QED) is 0.907. The normalized spacial score (nSPS) is 22.2. The van der Waals surface area contributed by atoms with Crippen molar-refractivity contribution < 1.29 is 0 Å². The number of rotatable bonds is 4. The number of thioether (sulfide) groups is 1. The SMILES string of the molecule is CC(C)C1CCSC(=NCCc2cccnc2)N1. The molecule has 1 unspecified atom stereocenters. The molecule has 2 heterocycles. The van der Waals surface area contributed by atoms with E-state index in [4.69, 9.17) is 0 Å². The van der Waals surface area contributed by atoms with Crippen molar-refractivity contribution in [3.05, 3.63) is 30.1 Å². The summed E-state index contributed by atoms with van der Waals surface area (Å²) in [5.74, 6) is 1.86. The van der Waals surface area contributed by atoms with E-state index in [1.807, 2.05) is 24.0 Å². The number of amidine groups is 1. The van der Waals surface area contributed by atoms with Gasteiger partial charge in [0.1, 0.15) is 0 Å². The molecule has 1 fully saturated rings. The Hall–Kier alpha value is -1.03. The van der Waals surface area contributed by atoms with E-state index in [1.54, 1.807) is 6.20 Å². The van der Waals surface area contributed by atoms with Crippen molar-refractivity contribution in [2.24, 2.45) is 10.9 Å². The maximum absolute atomic E-state index is 4.65. The van der Waals surface area contributed by atoms with E-state index in [-0.39, 0.29) is 0 Å². The van der Waals surface area contributed by atoms with Gasteiger partial charge in [-0.25, -0.2) is 0 Å². The van der Waals surface area contributed by atoms with Crippen LogP contribution >= 0.6 is 11.8 Å². The highest BCUT2D eigenvalue weighted by Gasteiger charge is 2.19. The Morgan fingerprint density at radius 1 is 1.56 bits per heavy atom. The molecule has 0 amide bonds. The predicted octanol–water partition coefficient (Wildman–Crippen LogP) is 2.73. The van der Waals surface area contributed by atoms with E-state index in [0.29, 0.717) is 12.0 Å². The van der Waals surface area contributed by atoms with E-state index >= 15 is 0 Å². The van der Waals surface area contributed by atoms with E-state index in [0.717, 1.165) is 18.1 Å². The zero-order valence-corrected chi connectivity index (χ0v) is 11.9. The first-order valence-corrected chi connectivity index (χ1v) is 7.57. The van der Waals surface area contributed by atoms with Crippen molar-refractivity contribution in [3.8, 4) is 0 Å². The van der Waals surface area contributed by atoms with Gasteiger partial charge in [0.2, 0.25) is 0 Å². The number of aliphatic imine (C=N–C) groups is 1. The van der Waals surface area contributed by atoms with Crippen LogP contribution in [0.3, 0.4) is 0 Å². The summed E-state index contributed by atoms with van der Waals surface area (Å²) in [5, 5.41) is 4.65. The minimum absolute atomic E-state index is 0.586. The molecular formula is C14H21N3S. The Balaban J connectivity index is 1.82. The van der Waals surface area contributed by atoms with Gasteiger partial charge in [0.05, 0.1) is 0 Å². The van der Waals surface area contributed by atoms with Crippen LogP contribution in [0.4, 0.5) is 0 Å². The Morgan fingerprint density at radius 3 is 3.17 bits per heavy atom. The molecule has 18 heavy (non-hydrogen) atoms. The predicted molar refractivity (Wildman–Crippen MR) is 79.1 cm³/mol. The summed E-state index contributed by atoms with van der Waals surface area (Å²) in [4.78, 5) is 8.77. The molecule has 0 saturated carbocycles. The van der Waals surface area contributed by atoms with Gasteiger partial charge in [0.25, 0.3) is 0 Å². The number of nitrogens with one attached hydrogen (secondary N) is 1. The highest BCUT2D eigenvalue weighted by molar-refractivity contribution is 8.13. The molecular weight excluding hydrogens is 242 g/mol. The number of aromatic nitrogens is 1. The monoisotopic (exact) mass is 263 g/mol. The van der Waals surface area contributed by atoms with E-state index in [2.05, 4.69) is 35.2 Å². The van der Waals surface area contributed by atoms with Crippen LogP contribution in [0.5, 0.6) is 0 Å². The summed E-state index contributed by atoms with van der Waals surface area (Å²) in [6.45, 7) is 5.37. The van der Waals surface area contributed by atoms with E-state index < -0.39 is 0 Å². The van der Waals surface area contributed by atoms with Crippen molar-refractivity contribution in [1.82, 2.24) is 10.3 Å². The Labute approximate surface area is 113 Å². The molecule has 4 heteroatoms. The lowest BCUT2D eigenvalue weighted by molar-refractivity contribution is 0.442. The van der Waals surface area contributed by atoms with Gasteiger partial charge in [-0.2, -0.15) is 0 Å². The van der Waals surface area contributed by atoms with Gasteiger partial charge >= 0.3 is 0 Å². The summed E-state index contributed by atoms with van der Waals surface area (Å²) in [7, 11) is 0. The molecule has 1 aromatic rings. The maximum atomic E-state index is 4.65. The molecule has 3 nitrogen and oxygen atoms in total. The smallest absolute Gasteiger partial charge is 0.156 e. The Bertz CT molecular complexity index is 389. The molecule has 1 aliphatic rings. The highest BCUT2D eigenvalue weighted by atomic mass is 32.2. The summed E-state index contributed by atoms with van der Waals surface area (Å²) in [6, 6.07) is 4.67. The fraction of sp³-hybridized carbons (Fsp3) is 0.571. The third-order valence-electron chi connectivity index (χ3n) is 3.16. The molecule has 2 rings (SSSR count). The van der Waals surface area contributed by atoms with Crippen LogP contribution in [0.25, 0.3) is 0 Å². The van der Waals surface area contributed by atoms with Crippen LogP contribution in [0.1, 0.15) is 25.8 Å². The molecule has 98 valence electrons. The lowest BCUT2D eigenvalue weighted by Crippen LogP contribution is -2.41. The third kappa shape index (κ3) is 4.02. The molecule has 0 radical (unpaired) electrons. The summed E-state index contributed by atoms with van der Waals surface area (Å²) < 4.78 is 0. The van der Waals surface area contributed by atoms with Crippen molar-refractivity contribution in [2.45, 2.75) is 32.7 Å². The van der Waals surface area contributed by atoms with Crippen LogP contribution < -0.4 is 5.32 Å². The van der Waals surface area contributed by atoms with Gasteiger partial charge in [0.15, 0.2) is 5.17 Å². The molecule has 0 bridgehead atoms. The molecule has 1 aromatic heterocycles. The van der Waals surface area contributed by atoms with Gasteiger partial charge in [-0.3, -0.25) is 9.98 Å². The number of hydrogen-bond donors (Lipinski definition) is 1. The number of pyridine rings is 1. The van der Waals surface area contributed by atoms with Gasteiger partial charge in [-0.15, -0.1) is 0 Å². The maximum Gasteiger partial charge on any atom is 0.156 e. The topological polar surface area (TPSA) is 37.3 Å². The number of hydrogen-bond acceptors (Lipinski definition) is 3. The van der Waals surface area contributed by atoms with Crippen LogP contribution in [0, 0.1) is 5.92 Å². The van der Waals surface area contributed by atoms with E-state index in [1.165, 1.54) is 17.7 Å². The third-order valence-corrected chi connectivity index (χ3v) is 4.12. The second-order valence-electron chi connectivity index (χ2n) is 4.93. The Morgan fingerprint density at radius 2 is 2.44 bits per heavy atom. The van der Waals surface area contributed by atoms with Crippen LogP contribution in [0.2, 0.25) is 0 Å². The first-order chi connectivity index (χ1) is 8.75. The Kier molecular flexibility index (Phi) is 5.05. The van der Waals surface area contributed by atoms with E-state index in [9.17, 15) is 0 Å². The van der Waals surface area contributed by atoms with Crippen LogP contribution in [-0.2, 0) is 6.42 Å². The number of nitrogens with zero attached hydrogens (tertiary/aromatic N) is 2. The summed E-state index contributed by atoms with van der Waals surface area (Å²) >= 11 is 1.84. The molecule has 0 spiro atoms. The van der Waals surface area contributed by atoms with Crippen molar-refractivity contribution in [1.29, 1.82) is 0 Å². The molecule has 1 atom stereocenters. The van der Waals surface area contributed by atoms with Crippen molar-refractivity contribution in [3.63, 3.8) is 0 Å². The van der Waals surface area contributed by atoms with Gasteiger partial charge < -0.3 is 5.32 Å². The molecule has 1 N–H and O–H groups in total. The van der Waals surface area contributed by atoms with Gasteiger partial charge in [-0.1, -0.05) is 31.7 Å². The highest BCUT2D eigenvalue weighted by Crippen LogP contribution is 2.18. The van der Waals surface area contributed by atoms with Gasteiger partial charge in [0, 0.05) is 30.7 Å².